The average molecular weight is 380 g/mol. The highest BCUT2D eigenvalue weighted by molar-refractivity contribution is 5.35. The van der Waals surface area contributed by atoms with Gasteiger partial charge in [-0.05, 0) is 30.7 Å². The Balaban J connectivity index is 1.46. The molecule has 3 heterocycles. The monoisotopic (exact) mass is 380 g/mol. The second-order valence-corrected chi connectivity index (χ2v) is 7.05. The van der Waals surface area contributed by atoms with Crippen LogP contribution in [0.5, 0.6) is 0 Å². The van der Waals surface area contributed by atoms with Crippen LogP contribution in [-0.2, 0) is 6.18 Å². The van der Waals surface area contributed by atoms with Gasteiger partial charge in [-0.25, -0.2) is 15.0 Å². The van der Waals surface area contributed by atoms with Crippen LogP contribution in [0.1, 0.15) is 18.5 Å². The normalized spacial score (nSPS) is 28.1. The van der Waals surface area contributed by atoms with E-state index in [2.05, 4.69) is 25.3 Å². The number of aliphatic hydroxyl groups is 1. The first-order valence-corrected chi connectivity index (χ1v) is 8.76. The maximum Gasteiger partial charge on any atom is 0.433 e. The Labute approximate surface area is 153 Å². The topological polar surface area (TPSA) is 87.1 Å². The quantitative estimate of drug-likeness (QED) is 0.842. The largest absolute Gasteiger partial charge is 0.433 e. The molecule has 10 heteroatoms. The van der Waals surface area contributed by atoms with Crippen molar-refractivity contribution >= 4 is 11.8 Å². The molecule has 2 N–H and O–H groups in total. The zero-order chi connectivity index (χ0) is 19.0. The summed E-state index contributed by atoms with van der Waals surface area (Å²) in [5.41, 5.74) is -0.940. The molecule has 27 heavy (non-hydrogen) atoms. The van der Waals surface area contributed by atoms with E-state index >= 15 is 0 Å². The van der Waals surface area contributed by atoms with E-state index in [9.17, 15) is 18.3 Å². The molecule has 0 spiro atoms. The van der Waals surface area contributed by atoms with Gasteiger partial charge in [0.2, 0.25) is 5.95 Å². The van der Waals surface area contributed by atoms with E-state index in [-0.39, 0.29) is 23.8 Å². The predicted octanol–water partition coefficient (Wildman–Crippen LogP) is 1.97. The molecule has 0 radical (unpaired) electrons. The Kier molecular flexibility index (Phi) is 4.58. The zero-order valence-electron chi connectivity index (χ0n) is 14.3. The van der Waals surface area contributed by atoms with Crippen LogP contribution in [0, 0.1) is 11.8 Å². The highest BCUT2D eigenvalue weighted by Crippen LogP contribution is 2.39. The number of hydrogen-bond acceptors (Lipinski definition) is 7. The van der Waals surface area contributed by atoms with Gasteiger partial charge in [0.15, 0.2) is 0 Å². The summed E-state index contributed by atoms with van der Waals surface area (Å²) in [4.78, 5) is 17.6. The number of nitrogens with one attached hydrogen (secondary N) is 1. The highest BCUT2D eigenvalue weighted by Gasteiger charge is 2.43. The lowest BCUT2D eigenvalue weighted by Gasteiger charge is -2.35. The molecule has 0 aromatic carbocycles. The molecule has 1 aliphatic heterocycles. The first-order chi connectivity index (χ1) is 12.9. The van der Waals surface area contributed by atoms with Gasteiger partial charge in [0.1, 0.15) is 11.5 Å². The van der Waals surface area contributed by atoms with E-state index in [1.54, 1.807) is 23.5 Å². The van der Waals surface area contributed by atoms with Crippen molar-refractivity contribution in [2.75, 3.05) is 23.3 Å². The van der Waals surface area contributed by atoms with Gasteiger partial charge in [-0.15, -0.1) is 0 Å². The number of anilines is 2. The molecule has 0 bridgehead atoms. The van der Waals surface area contributed by atoms with Gasteiger partial charge in [-0.1, -0.05) is 0 Å². The lowest BCUT2D eigenvalue weighted by atomic mass is 9.77. The second kappa shape index (κ2) is 6.91. The van der Waals surface area contributed by atoms with Crippen molar-refractivity contribution in [3.8, 4) is 0 Å². The number of aliphatic hydroxyl groups excluding tert-OH is 1. The van der Waals surface area contributed by atoms with Crippen LogP contribution in [0.3, 0.4) is 0 Å². The molecule has 0 amide bonds. The lowest BCUT2D eigenvalue weighted by molar-refractivity contribution is -0.141. The molecule has 7 nitrogen and oxygen atoms in total. The first kappa shape index (κ1) is 17.9. The van der Waals surface area contributed by atoms with Gasteiger partial charge in [-0.3, -0.25) is 4.98 Å². The minimum Gasteiger partial charge on any atom is -0.391 e. The lowest BCUT2D eigenvalue weighted by Crippen LogP contribution is -2.43. The van der Waals surface area contributed by atoms with Gasteiger partial charge in [0.05, 0.1) is 18.3 Å². The minimum atomic E-state index is -4.49. The van der Waals surface area contributed by atoms with Crippen LogP contribution in [0.2, 0.25) is 0 Å². The Bertz CT molecular complexity index is 790. The Morgan fingerprint density at radius 1 is 1.07 bits per heavy atom. The second-order valence-electron chi connectivity index (χ2n) is 7.05. The van der Waals surface area contributed by atoms with Crippen molar-refractivity contribution in [1.82, 2.24) is 19.9 Å². The maximum absolute atomic E-state index is 12.9. The summed E-state index contributed by atoms with van der Waals surface area (Å²) in [6, 6.07) is 0.697. The predicted molar refractivity (Wildman–Crippen MR) is 90.9 cm³/mol. The number of hydrogen-bond donors (Lipinski definition) is 2. The minimum absolute atomic E-state index is 0.0900. The van der Waals surface area contributed by atoms with Crippen molar-refractivity contribution in [2.24, 2.45) is 11.8 Å². The Morgan fingerprint density at radius 3 is 2.56 bits per heavy atom. The molecular formula is C17H19F3N6O. The molecule has 4 rings (SSSR count). The van der Waals surface area contributed by atoms with Gasteiger partial charge >= 0.3 is 6.18 Å². The van der Waals surface area contributed by atoms with E-state index in [4.69, 9.17) is 0 Å². The smallest absolute Gasteiger partial charge is 0.391 e. The molecule has 0 unspecified atom stereocenters. The number of fused-ring (bicyclic) bond motifs is 1. The van der Waals surface area contributed by atoms with Crippen LogP contribution < -0.4 is 10.2 Å². The molecule has 1 saturated heterocycles. The molecule has 1 saturated carbocycles. The molecule has 4 atom stereocenters. The van der Waals surface area contributed by atoms with Crippen LogP contribution in [0.25, 0.3) is 0 Å². The SMILES string of the molecule is O[C@@H]1C[C@H]2CN(c3nccc(C(F)(F)F)n3)C[C@H]2C[C@H]1Nc1cnccn1. The molecule has 2 aliphatic rings. The molecule has 144 valence electrons. The van der Waals surface area contributed by atoms with E-state index in [1.165, 1.54) is 0 Å². The van der Waals surface area contributed by atoms with Crippen LogP contribution >= 0.6 is 0 Å². The van der Waals surface area contributed by atoms with Crippen molar-refractivity contribution in [2.45, 2.75) is 31.2 Å². The highest BCUT2D eigenvalue weighted by atomic mass is 19.4. The van der Waals surface area contributed by atoms with Gasteiger partial charge < -0.3 is 15.3 Å². The molecule has 2 aromatic heterocycles. The first-order valence-electron chi connectivity index (χ1n) is 8.76. The van der Waals surface area contributed by atoms with Crippen molar-refractivity contribution in [1.29, 1.82) is 0 Å². The summed E-state index contributed by atoms with van der Waals surface area (Å²) in [5.74, 6) is 1.11. The van der Waals surface area contributed by atoms with E-state index < -0.39 is 18.0 Å². The fourth-order valence-corrected chi connectivity index (χ4v) is 3.97. The summed E-state index contributed by atoms with van der Waals surface area (Å²) in [5, 5.41) is 13.7. The summed E-state index contributed by atoms with van der Waals surface area (Å²) in [6.45, 7) is 1.11. The summed E-state index contributed by atoms with van der Waals surface area (Å²) < 4.78 is 38.7. The number of aromatic nitrogens is 4. The third-order valence-electron chi connectivity index (χ3n) is 5.25. The Hall–Kier alpha value is -2.49. The number of halogens is 3. The molecular weight excluding hydrogens is 361 g/mol. The van der Waals surface area contributed by atoms with E-state index in [0.717, 1.165) is 12.3 Å². The van der Waals surface area contributed by atoms with Gasteiger partial charge in [0.25, 0.3) is 0 Å². The standard InChI is InChI=1S/C17H19F3N6O/c18-17(19,20)14-1-2-23-16(25-14)26-8-10-5-12(13(27)6-11(10)9-26)24-15-7-21-3-4-22-15/h1-4,7,10-13,27H,5-6,8-9H2,(H,22,24)/t10-,11+,12-,13-/m1/s1. The van der Waals surface area contributed by atoms with Crippen LogP contribution in [-0.4, -0.2) is 50.3 Å². The summed E-state index contributed by atoms with van der Waals surface area (Å²) in [7, 11) is 0. The zero-order valence-corrected chi connectivity index (χ0v) is 14.3. The third-order valence-corrected chi connectivity index (χ3v) is 5.25. The van der Waals surface area contributed by atoms with Crippen molar-refractivity contribution < 1.29 is 18.3 Å². The summed E-state index contributed by atoms with van der Waals surface area (Å²) in [6.07, 6.45) is 2.08. The van der Waals surface area contributed by atoms with Gasteiger partial charge in [-0.2, -0.15) is 13.2 Å². The third kappa shape index (κ3) is 3.80. The number of nitrogens with zero attached hydrogens (tertiary/aromatic N) is 5. The van der Waals surface area contributed by atoms with E-state index in [1.807, 2.05) is 0 Å². The van der Waals surface area contributed by atoms with Crippen LogP contribution in [0.15, 0.2) is 30.9 Å². The van der Waals surface area contributed by atoms with E-state index in [0.29, 0.717) is 31.7 Å². The number of rotatable bonds is 3. The van der Waals surface area contributed by atoms with Crippen molar-refractivity contribution in [3.63, 3.8) is 0 Å². The van der Waals surface area contributed by atoms with Gasteiger partial charge in [0, 0.05) is 31.7 Å². The Morgan fingerprint density at radius 2 is 1.85 bits per heavy atom. The van der Waals surface area contributed by atoms with Crippen LogP contribution in [0.4, 0.5) is 24.9 Å². The molecule has 2 aromatic rings. The average Bonchev–Trinajstić information content (AvgIpc) is 3.05. The number of alkyl halides is 3. The molecule has 1 aliphatic carbocycles. The molecule has 2 fully saturated rings. The fourth-order valence-electron chi connectivity index (χ4n) is 3.97. The summed E-state index contributed by atoms with van der Waals surface area (Å²) >= 11 is 0. The van der Waals surface area contributed by atoms with Crippen molar-refractivity contribution in [3.05, 3.63) is 36.5 Å². The maximum atomic E-state index is 12.9. The fraction of sp³-hybridized carbons (Fsp3) is 0.529.